The molecule has 3 N–H and O–H groups in total. The second kappa shape index (κ2) is 9.84. The molecule has 0 unspecified atom stereocenters. The summed E-state index contributed by atoms with van der Waals surface area (Å²) < 4.78 is 34.7. The zero-order valence-electron chi connectivity index (χ0n) is 16.7. The lowest BCUT2D eigenvalue weighted by Gasteiger charge is -2.31. The third-order valence-corrected chi connectivity index (χ3v) is 6.75. The molecule has 3 rings (SSSR count). The number of amides is 1. The zero-order valence-corrected chi connectivity index (χ0v) is 17.5. The van der Waals surface area contributed by atoms with E-state index in [-0.39, 0.29) is 24.0 Å². The van der Waals surface area contributed by atoms with Crippen LogP contribution in [0.5, 0.6) is 0 Å². The third kappa shape index (κ3) is 6.11. The molecule has 1 aromatic heterocycles. The first-order valence-corrected chi connectivity index (χ1v) is 11.6. The maximum atomic E-state index is 12.4. The number of hydrogen-bond acceptors (Lipinski definition) is 6. The summed E-state index contributed by atoms with van der Waals surface area (Å²) in [4.78, 5) is 16.1. The number of aliphatic hydroxyl groups is 1. The number of aryl methyl sites for hydroxylation is 1. The first kappa shape index (κ1) is 21.9. The zero-order chi connectivity index (χ0) is 20.9. The van der Waals surface area contributed by atoms with E-state index >= 15 is 0 Å². The number of nitrogens with zero attached hydrogens (tertiary/aromatic N) is 2. The van der Waals surface area contributed by atoms with Crippen molar-refractivity contribution < 1.29 is 23.1 Å². The van der Waals surface area contributed by atoms with Crippen LogP contribution in [0, 0.1) is 5.92 Å². The van der Waals surface area contributed by atoms with E-state index in [9.17, 15) is 18.3 Å². The average molecular weight is 427 g/mol. The van der Waals surface area contributed by atoms with Crippen molar-refractivity contribution >= 4 is 15.9 Å². The van der Waals surface area contributed by atoms with E-state index in [0.29, 0.717) is 12.5 Å². The summed E-state index contributed by atoms with van der Waals surface area (Å²) in [5.74, 6) is 0.445. The largest absolute Gasteiger partial charge is 0.394 e. The lowest BCUT2D eigenvalue weighted by molar-refractivity contribution is -0.125. The Bertz CT molecular complexity index is 816. The monoisotopic (exact) mass is 426 g/mol. The van der Waals surface area contributed by atoms with Gasteiger partial charge in [0.05, 0.1) is 31.5 Å². The summed E-state index contributed by atoms with van der Waals surface area (Å²) in [6.45, 7) is 0.311. The summed E-state index contributed by atoms with van der Waals surface area (Å²) in [5.41, 5.74) is 0. The predicted octanol–water partition coefficient (Wildman–Crippen LogP) is 0.470. The molecule has 1 amide bonds. The molecule has 2 aliphatic rings. The Morgan fingerprint density at radius 2 is 2.07 bits per heavy atom. The lowest BCUT2D eigenvalue weighted by Crippen LogP contribution is -2.49. The van der Waals surface area contributed by atoms with Crippen LogP contribution in [-0.2, 0) is 26.6 Å². The number of rotatable bonds is 8. The van der Waals surface area contributed by atoms with E-state index in [1.165, 1.54) is 36.4 Å². The molecule has 0 bridgehead atoms. The highest BCUT2D eigenvalue weighted by Gasteiger charge is 2.32. The van der Waals surface area contributed by atoms with E-state index in [2.05, 4.69) is 15.0 Å². The Morgan fingerprint density at radius 1 is 1.31 bits per heavy atom. The highest BCUT2D eigenvalue weighted by atomic mass is 32.2. The van der Waals surface area contributed by atoms with Gasteiger partial charge in [-0.3, -0.25) is 4.79 Å². The van der Waals surface area contributed by atoms with Gasteiger partial charge >= 0.3 is 0 Å². The van der Waals surface area contributed by atoms with E-state index in [1.807, 2.05) is 0 Å². The summed E-state index contributed by atoms with van der Waals surface area (Å²) in [5, 5.41) is 12.5. The molecule has 10 heteroatoms. The van der Waals surface area contributed by atoms with Gasteiger partial charge < -0.3 is 19.7 Å². The molecule has 2 heterocycles. The van der Waals surface area contributed by atoms with E-state index in [0.717, 1.165) is 12.8 Å². The molecule has 1 aromatic rings. The SMILES string of the molecule is Cn1cnc(S(=O)(=O)N[C@H]2C=C[C@H](CC(=O)NCC3CCCCC3)O[C@H]2CO)c1. The Morgan fingerprint density at radius 3 is 2.72 bits per heavy atom. The van der Waals surface area contributed by atoms with Crippen molar-refractivity contribution in [2.75, 3.05) is 13.2 Å². The Labute approximate surface area is 171 Å². The van der Waals surface area contributed by atoms with Crippen LogP contribution in [0.4, 0.5) is 0 Å². The summed E-state index contributed by atoms with van der Waals surface area (Å²) in [6.07, 6.45) is 11.0. The van der Waals surface area contributed by atoms with E-state index in [4.69, 9.17) is 4.74 Å². The van der Waals surface area contributed by atoms with Crippen LogP contribution in [-0.4, -0.2) is 60.4 Å². The lowest BCUT2D eigenvalue weighted by atomic mass is 9.89. The van der Waals surface area contributed by atoms with E-state index < -0.39 is 28.3 Å². The molecule has 29 heavy (non-hydrogen) atoms. The molecule has 9 nitrogen and oxygen atoms in total. The molecule has 0 saturated heterocycles. The number of aliphatic hydroxyl groups excluding tert-OH is 1. The minimum Gasteiger partial charge on any atom is -0.394 e. The van der Waals surface area contributed by atoms with Gasteiger partial charge in [0.1, 0.15) is 6.10 Å². The fourth-order valence-electron chi connectivity index (χ4n) is 3.78. The molecule has 1 aliphatic heterocycles. The van der Waals surface area contributed by atoms with Gasteiger partial charge in [-0.2, -0.15) is 0 Å². The molecular weight excluding hydrogens is 396 g/mol. The van der Waals surface area contributed by atoms with Crippen LogP contribution < -0.4 is 10.0 Å². The van der Waals surface area contributed by atoms with Crippen molar-refractivity contribution in [1.29, 1.82) is 0 Å². The third-order valence-electron chi connectivity index (χ3n) is 5.41. The van der Waals surface area contributed by atoms with E-state index in [1.54, 1.807) is 19.2 Å². The normalized spacial score (nSPS) is 25.8. The molecule has 0 radical (unpaired) electrons. The maximum absolute atomic E-state index is 12.4. The van der Waals surface area contributed by atoms with Crippen molar-refractivity contribution in [1.82, 2.24) is 19.6 Å². The number of carbonyl (C=O) groups is 1. The quantitative estimate of drug-likeness (QED) is 0.520. The number of carbonyl (C=O) groups excluding carboxylic acids is 1. The van der Waals surface area contributed by atoms with Crippen LogP contribution in [0.25, 0.3) is 0 Å². The number of nitrogens with one attached hydrogen (secondary N) is 2. The molecule has 3 atom stereocenters. The smallest absolute Gasteiger partial charge is 0.260 e. The van der Waals surface area contributed by atoms with Crippen LogP contribution in [0.15, 0.2) is 29.7 Å². The van der Waals surface area contributed by atoms with Gasteiger partial charge in [0, 0.05) is 19.8 Å². The Kier molecular flexibility index (Phi) is 7.44. The maximum Gasteiger partial charge on any atom is 0.260 e. The van der Waals surface area contributed by atoms with Crippen LogP contribution in [0.3, 0.4) is 0 Å². The number of imidazole rings is 1. The van der Waals surface area contributed by atoms with Gasteiger partial charge in [0.2, 0.25) is 5.91 Å². The van der Waals surface area contributed by atoms with Crippen LogP contribution >= 0.6 is 0 Å². The minimum absolute atomic E-state index is 0.102. The summed E-state index contributed by atoms with van der Waals surface area (Å²) >= 11 is 0. The van der Waals surface area contributed by atoms with Crippen molar-refractivity contribution in [3.8, 4) is 0 Å². The fraction of sp³-hybridized carbons (Fsp3) is 0.684. The summed E-state index contributed by atoms with van der Waals surface area (Å²) in [7, 11) is -2.17. The Hall–Kier alpha value is -1.75. The first-order valence-electron chi connectivity index (χ1n) is 10.1. The Balaban J connectivity index is 1.53. The highest BCUT2D eigenvalue weighted by molar-refractivity contribution is 7.89. The first-order chi connectivity index (χ1) is 13.9. The van der Waals surface area contributed by atoms with Gasteiger partial charge in [-0.1, -0.05) is 31.4 Å². The topological polar surface area (TPSA) is 123 Å². The standard InChI is InChI=1S/C19H30N4O5S/c1-23-11-19(21-13-23)29(26,27)22-16-8-7-15(28-17(16)12-24)9-18(25)20-10-14-5-3-2-4-6-14/h7-8,11,13-17,22,24H,2-6,9-10,12H2,1H3,(H,20,25)/t15-,16+,17+/m1/s1. The second-order valence-corrected chi connectivity index (χ2v) is 9.48. The van der Waals surface area contributed by atoms with Gasteiger partial charge in [0.15, 0.2) is 5.03 Å². The number of sulfonamides is 1. The van der Waals surface area contributed by atoms with Crippen LogP contribution in [0.1, 0.15) is 38.5 Å². The molecule has 1 saturated carbocycles. The molecule has 1 fully saturated rings. The molecule has 0 aromatic carbocycles. The van der Waals surface area contributed by atoms with Gasteiger partial charge in [-0.15, -0.1) is 0 Å². The van der Waals surface area contributed by atoms with Crippen molar-refractivity contribution in [2.45, 2.75) is 61.8 Å². The molecule has 162 valence electrons. The molecular formula is C19H30N4O5S. The molecule has 0 spiro atoms. The van der Waals surface area contributed by atoms with Gasteiger partial charge in [-0.25, -0.2) is 18.1 Å². The van der Waals surface area contributed by atoms with Crippen molar-refractivity contribution in [2.24, 2.45) is 13.0 Å². The van der Waals surface area contributed by atoms with Crippen LogP contribution in [0.2, 0.25) is 0 Å². The predicted molar refractivity (Wildman–Crippen MR) is 106 cm³/mol. The highest BCUT2D eigenvalue weighted by Crippen LogP contribution is 2.23. The van der Waals surface area contributed by atoms with Gasteiger partial charge in [0.25, 0.3) is 10.0 Å². The molecule has 1 aliphatic carbocycles. The summed E-state index contributed by atoms with van der Waals surface area (Å²) in [6, 6.07) is -0.742. The number of ether oxygens (including phenoxy) is 1. The second-order valence-electron chi connectivity index (χ2n) is 7.82. The number of aromatic nitrogens is 2. The van der Waals surface area contributed by atoms with Gasteiger partial charge in [-0.05, 0) is 18.8 Å². The van der Waals surface area contributed by atoms with Crippen molar-refractivity contribution in [3.63, 3.8) is 0 Å². The average Bonchev–Trinajstić information content (AvgIpc) is 3.15. The number of hydrogen-bond donors (Lipinski definition) is 3. The minimum atomic E-state index is -3.85. The fourth-order valence-corrected chi connectivity index (χ4v) is 4.98. The van der Waals surface area contributed by atoms with Crippen molar-refractivity contribution in [3.05, 3.63) is 24.7 Å².